The Morgan fingerprint density at radius 3 is 2.25 bits per heavy atom. The molecule has 0 aromatic heterocycles. The van der Waals surface area contributed by atoms with Crippen molar-refractivity contribution in [2.45, 2.75) is 20.0 Å². The Kier molecular flexibility index (Phi) is 3.98. The molecule has 0 unspecified atom stereocenters. The second kappa shape index (κ2) is 4.80. The van der Waals surface area contributed by atoms with E-state index in [1.54, 1.807) is 0 Å². The highest BCUT2D eigenvalue weighted by molar-refractivity contribution is 4.66. The maximum Gasteiger partial charge on any atom is 0.0994 e. The Labute approximate surface area is 75.3 Å². The van der Waals surface area contributed by atoms with Crippen molar-refractivity contribution in [2.24, 2.45) is 0 Å². The molecule has 0 bridgehead atoms. The molecule has 0 N–H and O–H groups in total. The second-order valence-electron chi connectivity index (χ2n) is 3.77. The standard InChI is InChI=1S/C9H20N2O/c1-9(2)12-8-11-6-4-10(3)5-7-11/h9H,4-8H2,1-3H3. The van der Waals surface area contributed by atoms with Gasteiger partial charge in [-0.1, -0.05) is 0 Å². The fourth-order valence-corrected chi connectivity index (χ4v) is 1.23. The van der Waals surface area contributed by atoms with Gasteiger partial charge in [-0.3, -0.25) is 4.90 Å². The van der Waals surface area contributed by atoms with Crippen LogP contribution in [0.15, 0.2) is 0 Å². The lowest BCUT2D eigenvalue weighted by Gasteiger charge is -2.32. The van der Waals surface area contributed by atoms with Gasteiger partial charge in [0.1, 0.15) is 0 Å². The zero-order valence-corrected chi connectivity index (χ0v) is 8.42. The highest BCUT2D eigenvalue weighted by Crippen LogP contribution is 2.00. The molecule has 1 aliphatic rings. The molecule has 0 spiro atoms. The van der Waals surface area contributed by atoms with E-state index < -0.39 is 0 Å². The van der Waals surface area contributed by atoms with E-state index in [-0.39, 0.29) is 0 Å². The minimum absolute atomic E-state index is 0.352. The van der Waals surface area contributed by atoms with Crippen LogP contribution in [0.3, 0.4) is 0 Å². The fourth-order valence-electron chi connectivity index (χ4n) is 1.23. The second-order valence-corrected chi connectivity index (χ2v) is 3.77. The molecule has 0 amide bonds. The molecule has 0 saturated carbocycles. The molecule has 1 saturated heterocycles. The van der Waals surface area contributed by atoms with E-state index in [1.165, 1.54) is 13.1 Å². The number of rotatable bonds is 3. The van der Waals surface area contributed by atoms with E-state index in [9.17, 15) is 0 Å². The normalized spacial score (nSPS) is 22.0. The van der Waals surface area contributed by atoms with Gasteiger partial charge in [-0.25, -0.2) is 0 Å². The van der Waals surface area contributed by atoms with Crippen molar-refractivity contribution in [3.63, 3.8) is 0 Å². The first-order chi connectivity index (χ1) is 5.68. The minimum Gasteiger partial charge on any atom is -0.363 e. The van der Waals surface area contributed by atoms with Crippen molar-refractivity contribution in [3.8, 4) is 0 Å². The third-order valence-corrected chi connectivity index (χ3v) is 2.19. The van der Waals surface area contributed by atoms with Crippen LogP contribution < -0.4 is 0 Å². The minimum atomic E-state index is 0.352. The van der Waals surface area contributed by atoms with E-state index in [4.69, 9.17) is 4.74 Å². The van der Waals surface area contributed by atoms with E-state index >= 15 is 0 Å². The Bertz CT molecular complexity index is 120. The van der Waals surface area contributed by atoms with Crippen molar-refractivity contribution in [3.05, 3.63) is 0 Å². The molecule has 1 heterocycles. The average Bonchev–Trinajstić information content (AvgIpc) is 2.03. The smallest absolute Gasteiger partial charge is 0.0994 e. The van der Waals surface area contributed by atoms with Crippen LogP contribution >= 0.6 is 0 Å². The van der Waals surface area contributed by atoms with Crippen LogP contribution in [0.1, 0.15) is 13.8 Å². The summed E-state index contributed by atoms with van der Waals surface area (Å²) in [5.74, 6) is 0. The van der Waals surface area contributed by atoms with Crippen LogP contribution in [0.25, 0.3) is 0 Å². The molecule has 3 heteroatoms. The third kappa shape index (κ3) is 3.52. The lowest BCUT2D eigenvalue weighted by molar-refractivity contribution is -0.0225. The summed E-state index contributed by atoms with van der Waals surface area (Å²) in [6.07, 6.45) is 0.352. The van der Waals surface area contributed by atoms with Gasteiger partial charge in [-0.2, -0.15) is 0 Å². The zero-order chi connectivity index (χ0) is 8.97. The lowest BCUT2D eigenvalue weighted by atomic mass is 10.3. The van der Waals surface area contributed by atoms with Crippen LogP contribution in [0.2, 0.25) is 0 Å². The first-order valence-electron chi connectivity index (χ1n) is 4.71. The Hall–Kier alpha value is -0.120. The van der Waals surface area contributed by atoms with Crippen molar-refractivity contribution in [1.82, 2.24) is 9.80 Å². The van der Waals surface area contributed by atoms with Crippen molar-refractivity contribution >= 4 is 0 Å². The monoisotopic (exact) mass is 172 g/mol. The summed E-state index contributed by atoms with van der Waals surface area (Å²) in [7, 11) is 2.17. The first kappa shape index (κ1) is 9.96. The number of hydrogen-bond acceptors (Lipinski definition) is 3. The summed E-state index contributed by atoms with van der Waals surface area (Å²) in [6.45, 7) is 9.58. The van der Waals surface area contributed by atoms with Gasteiger partial charge in [0.2, 0.25) is 0 Å². The molecular formula is C9H20N2O. The maximum atomic E-state index is 5.52. The SMILES string of the molecule is CC(C)OCN1CCN(C)CC1. The molecule has 0 aromatic rings. The lowest BCUT2D eigenvalue weighted by Crippen LogP contribution is -2.45. The average molecular weight is 172 g/mol. The van der Waals surface area contributed by atoms with Gasteiger partial charge in [-0.05, 0) is 20.9 Å². The molecule has 12 heavy (non-hydrogen) atoms. The summed E-state index contributed by atoms with van der Waals surface area (Å²) in [5.41, 5.74) is 0. The first-order valence-corrected chi connectivity index (χ1v) is 4.71. The number of hydrogen-bond donors (Lipinski definition) is 0. The van der Waals surface area contributed by atoms with E-state index in [2.05, 4.69) is 30.7 Å². The molecular weight excluding hydrogens is 152 g/mol. The number of likely N-dealkylation sites (N-methyl/N-ethyl adjacent to an activating group) is 1. The van der Waals surface area contributed by atoms with Crippen molar-refractivity contribution in [1.29, 1.82) is 0 Å². The molecule has 1 rings (SSSR count). The molecule has 0 aliphatic carbocycles. The summed E-state index contributed by atoms with van der Waals surface area (Å²) in [6, 6.07) is 0. The molecule has 72 valence electrons. The quantitative estimate of drug-likeness (QED) is 0.620. The van der Waals surface area contributed by atoms with Gasteiger partial charge in [0, 0.05) is 26.2 Å². The Morgan fingerprint density at radius 1 is 1.17 bits per heavy atom. The third-order valence-electron chi connectivity index (χ3n) is 2.19. The van der Waals surface area contributed by atoms with Gasteiger partial charge in [0.05, 0.1) is 12.8 Å². The van der Waals surface area contributed by atoms with Gasteiger partial charge in [-0.15, -0.1) is 0 Å². The van der Waals surface area contributed by atoms with Crippen LogP contribution in [0, 0.1) is 0 Å². The highest BCUT2D eigenvalue weighted by atomic mass is 16.5. The molecule has 1 fully saturated rings. The number of ether oxygens (including phenoxy) is 1. The summed E-state index contributed by atoms with van der Waals surface area (Å²) in [4.78, 5) is 4.71. The van der Waals surface area contributed by atoms with Gasteiger partial charge in [0.15, 0.2) is 0 Å². The topological polar surface area (TPSA) is 15.7 Å². The molecule has 0 radical (unpaired) electrons. The van der Waals surface area contributed by atoms with Crippen LogP contribution in [-0.2, 0) is 4.74 Å². The van der Waals surface area contributed by atoms with E-state index in [0.29, 0.717) is 6.10 Å². The largest absolute Gasteiger partial charge is 0.363 e. The van der Waals surface area contributed by atoms with Crippen LogP contribution in [0.4, 0.5) is 0 Å². The molecule has 1 aliphatic heterocycles. The van der Waals surface area contributed by atoms with Crippen molar-refractivity contribution < 1.29 is 4.74 Å². The van der Waals surface area contributed by atoms with Crippen molar-refractivity contribution in [2.75, 3.05) is 40.0 Å². The van der Waals surface area contributed by atoms with Gasteiger partial charge < -0.3 is 9.64 Å². The number of nitrogens with zero attached hydrogens (tertiary/aromatic N) is 2. The summed E-state index contributed by atoms with van der Waals surface area (Å²) in [5, 5.41) is 0. The molecule has 0 atom stereocenters. The molecule has 3 nitrogen and oxygen atoms in total. The Morgan fingerprint density at radius 2 is 1.75 bits per heavy atom. The van der Waals surface area contributed by atoms with E-state index in [0.717, 1.165) is 19.8 Å². The van der Waals surface area contributed by atoms with E-state index in [1.807, 2.05) is 0 Å². The van der Waals surface area contributed by atoms with Gasteiger partial charge >= 0.3 is 0 Å². The van der Waals surface area contributed by atoms with Crippen LogP contribution in [-0.4, -0.2) is 55.9 Å². The van der Waals surface area contributed by atoms with Crippen LogP contribution in [0.5, 0.6) is 0 Å². The zero-order valence-electron chi connectivity index (χ0n) is 8.42. The predicted molar refractivity (Wildman–Crippen MR) is 50.2 cm³/mol. The molecule has 0 aromatic carbocycles. The Balaban J connectivity index is 2.09. The fraction of sp³-hybridized carbons (Fsp3) is 1.00. The van der Waals surface area contributed by atoms with Gasteiger partial charge in [0.25, 0.3) is 0 Å². The maximum absolute atomic E-state index is 5.52. The summed E-state index contributed by atoms with van der Waals surface area (Å²) < 4.78 is 5.52. The highest BCUT2D eigenvalue weighted by Gasteiger charge is 2.13. The predicted octanol–water partition coefficient (Wildman–Crippen LogP) is 0.616. The summed E-state index contributed by atoms with van der Waals surface area (Å²) >= 11 is 0. The number of piperazine rings is 1.